The van der Waals surface area contributed by atoms with Gasteiger partial charge >= 0.3 is 0 Å². The Morgan fingerprint density at radius 3 is 1.48 bits per heavy atom. The van der Waals surface area contributed by atoms with Crippen LogP contribution in [0.1, 0.15) is 72.9 Å². The van der Waals surface area contributed by atoms with Crippen molar-refractivity contribution in [3.8, 4) is 0 Å². The van der Waals surface area contributed by atoms with E-state index in [9.17, 15) is 0 Å². The van der Waals surface area contributed by atoms with E-state index in [0.29, 0.717) is 5.92 Å². The van der Waals surface area contributed by atoms with Crippen LogP contribution in [0.4, 0.5) is 0 Å². The predicted molar refractivity (Wildman–Crippen MR) is 175 cm³/mol. The first-order chi connectivity index (χ1) is 18.7. The first-order valence-electron chi connectivity index (χ1n) is 14.7. The molecule has 3 aliphatic carbocycles. The Hall–Kier alpha value is -2.28. The van der Waals surface area contributed by atoms with E-state index in [-0.39, 0.29) is 33.0 Å². The molecule has 2 aromatic rings. The molecule has 0 N–H and O–H groups in total. The molecule has 3 unspecified atom stereocenters. The van der Waals surface area contributed by atoms with Crippen molar-refractivity contribution in [1.82, 2.24) is 0 Å². The SMILES string of the molecule is CC1(C2C=CC=C2)C(=C(c2ccc(Cl)cc2)c2ccc(Cl)cc2)C(C)(C2C=CC=CC2)C(C)(C)C(C)(C)C1(C)C. The van der Waals surface area contributed by atoms with Gasteiger partial charge in [0.25, 0.3) is 0 Å². The molecule has 0 saturated heterocycles. The lowest BCUT2D eigenvalue weighted by Gasteiger charge is -2.74. The van der Waals surface area contributed by atoms with Gasteiger partial charge < -0.3 is 0 Å². The van der Waals surface area contributed by atoms with Gasteiger partial charge in [0.1, 0.15) is 0 Å². The van der Waals surface area contributed by atoms with Crippen molar-refractivity contribution in [2.75, 3.05) is 0 Å². The minimum Gasteiger partial charge on any atom is -0.0843 e. The van der Waals surface area contributed by atoms with Crippen molar-refractivity contribution in [3.63, 3.8) is 0 Å². The summed E-state index contributed by atoms with van der Waals surface area (Å²) in [4.78, 5) is 0. The van der Waals surface area contributed by atoms with E-state index in [0.717, 1.165) is 16.5 Å². The van der Waals surface area contributed by atoms with Crippen molar-refractivity contribution in [2.45, 2.75) is 61.8 Å². The first-order valence-corrected chi connectivity index (χ1v) is 15.4. The second-order valence-corrected chi connectivity index (χ2v) is 14.9. The largest absolute Gasteiger partial charge is 0.0843 e. The fourth-order valence-corrected chi connectivity index (χ4v) is 8.76. The molecular formula is C38H44Cl2. The summed E-state index contributed by atoms with van der Waals surface area (Å²) in [5.41, 5.74) is 4.73. The molecule has 2 heteroatoms. The minimum absolute atomic E-state index is 0.00261. The zero-order valence-electron chi connectivity index (χ0n) is 25.4. The molecule has 5 rings (SSSR count). The third-order valence-corrected chi connectivity index (χ3v) is 12.9. The number of hydrogen-bond donors (Lipinski definition) is 0. The highest BCUT2D eigenvalue weighted by atomic mass is 35.5. The Labute approximate surface area is 252 Å². The third kappa shape index (κ3) is 3.93. The molecule has 0 amide bonds. The van der Waals surface area contributed by atoms with Crippen molar-refractivity contribution in [2.24, 2.45) is 38.9 Å². The van der Waals surface area contributed by atoms with Gasteiger partial charge in [0.05, 0.1) is 0 Å². The van der Waals surface area contributed by atoms with E-state index in [1.807, 2.05) is 24.3 Å². The molecule has 1 fully saturated rings. The van der Waals surface area contributed by atoms with Gasteiger partial charge in [-0.05, 0) is 75.1 Å². The van der Waals surface area contributed by atoms with Crippen LogP contribution < -0.4 is 0 Å². The van der Waals surface area contributed by atoms with Crippen LogP contribution in [-0.4, -0.2) is 0 Å². The van der Waals surface area contributed by atoms with E-state index in [1.54, 1.807) is 0 Å². The molecule has 0 nitrogen and oxygen atoms in total. The van der Waals surface area contributed by atoms with E-state index in [4.69, 9.17) is 23.2 Å². The fraction of sp³-hybridized carbons (Fsp3) is 0.421. The van der Waals surface area contributed by atoms with E-state index >= 15 is 0 Å². The standard InChI is InChI=1S/C38H44Cl2/c1-34(2)35(3,4)37(7,28-14-10-9-11-15-28)33(38(8,36(34,5)6)29-16-12-13-17-29)32(26-18-22-30(39)23-19-26)27-20-24-31(40)25-21-27/h9-14,16-25,28-29H,15H2,1-8H3. The topological polar surface area (TPSA) is 0 Å². The zero-order valence-corrected chi connectivity index (χ0v) is 26.9. The zero-order chi connectivity index (χ0) is 29.1. The molecule has 0 aliphatic heterocycles. The van der Waals surface area contributed by atoms with Gasteiger partial charge in [0, 0.05) is 26.8 Å². The summed E-state index contributed by atoms with van der Waals surface area (Å²) in [5.74, 6) is 0.617. The van der Waals surface area contributed by atoms with Crippen molar-refractivity contribution < 1.29 is 0 Å². The summed E-state index contributed by atoms with van der Waals surface area (Å²) in [5, 5.41) is 1.50. The third-order valence-electron chi connectivity index (χ3n) is 12.4. The quantitative estimate of drug-likeness (QED) is 0.342. The Morgan fingerprint density at radius 1 is 0.575 bits per heavy atom. The summed E-state index contributed by atoms with van der Waals surface area (Å²) in [6, 6.07) is 16.9. The van der Waals surface area contributed by atoms with Gasteiger partial charge in [-0.15, -0.1) is 0 Å². The number of rotatable bonds is 4. The van der Waals surface area contributed by atoms with Gasteiger partial charge in [-0.3, -0.25) is 0 Å². The highest BCUT2D eigenvalue weighted by Gasteiger charge is 2.72. The maximum atomic E-state index is 6.47. The minimum atomic E-state index is -0.201. The average molecular weight is 572 g/mol. The second kappa shape index (κ2) is 9.92. The van der Waals surface area contributed by atoms with Crippen LogP contribution in [0.2, 0.25) is 10.0 Å². The lowest BCUT2D eigenvalue weighted by Crippen LogP contribution is -2.68. The summed E-state index contributed by atoms with van der Waals surface area (Å²) in [6.07, 6.45) is 19.6. The van der Waals surface area contributed by atoms with Crippen molar-refractivity contribution in [3.05, 3.63) is 124 Å². The molecule has 1 saturated carbocycles. The Bertz CT molecular complexity index is 1370. The maximum absolute atomic E-state index is 6.47. The molecule has 210 valence electrons. The molecule has 2 aromatic carbocycles. The molecule has 0 heterocycles. The number of halogens is 2. The summed E-state index contributed by atoms with van der Waals surface area (Å²) in [6.45, 7) is 20.3. The Kier molecular flexibility index (Phi) is 7.25. The molecule has 0 spiro atoms. The second-order valence-electron chi connectivity index (χ2n) is 14.0. The smallest absolute Gasteiger partial charge is 0.0406 e. The number of hydrogen-bond acceptors (Lipinski definition) is 0. The summed E-state index contributed by atoms with van der Waals surface area (Å²) in [7, 11) is 0. The van der Waals surface area contributed by atoms with Gasteiger partial charge in [-0.2, -0.15) is 0 Å². The maximum Gasteiger partial charge on any atom is 0.0406 e. The van der Waals surface area contributed by atoms with Gasteiger partial charge in [0.2, 0.25) is 0 Å². The van der Waals surface area contributed by atoms with Crippen LogP contribution in [0, 0.1) is 38.9 Å². The van der Waals surface area contributed by atoms with Crippen molar-refractivity contribution in [1.29, 1.82) is 0 Å². The monoisotopic (exact) mass is 570 g/mol. The van der Waals surface area contributed by atoms with Crippen LogP contribution in [0.15, 0.2) is 103 Å². The lowest BCUT2D eigenvalue weighted by atomic mass is 9.29. The molecule has 0 aromatic heterocycles. The number of allylic oxidation sites excluding steroid dienone is 9. The van der Waals surface area contributed by atoms with Crippen LogP contribution in [0.25, 0.3) is 5.57 Å². The highest BCUT2D eigenvalue weighted by Crippen LogP contribution is 2.79. The first kappa shape index (κ1) is 29.2. The Balaban J connectivity index is 2.03. The number of benzene rings is 2. The van der Waals surface area contributed by atoms with Crippen LogP contribution >= 0.6 is 23.2 Å². The van der Waals surface area contributed by atoms with Gasteiger partial charge in [-0.1, -0.05) is 151 Å². The molecule has 3 aliphatic rings. The van der Waals surface area contributed by atoms with E-state index in [1.165, 1.54) is 22.3 Å². The molecule has 0 radical (unpaired) electrons. The Morgan fingerprint density at radius 2 is 1.02 bits per heavy atom. The highest BCUT2D eigenvalue weighted by molar-refractivity contribution is 6.31. The lowest BCUT2D eigenvalue weighted by molar-refractivity contribution is -0.196. The van der Waals surface area contributed by atoms with Crippen LogP contribution in [-0.2, 0) is 0 Å². The normalized spacial score (nSPS) is 30.1. The van der Waals surface area contributed by atoms with Gasteiger partial charge in [-0.25, -0.2) is 0 Å². The van der Waals surface area contributed by atoms with E-state index in [2.05, 4.69) is 128 Å². The van der Waals surface area contributed by atoms with Gasteiger partial charge in [0.15, 0.2) is 0 Å². The average Bonchev–Trinajstić information content (AvgIpc) is 3.47. The summed E-state index contributed by atoms with van der Waals surface area (Å²) >= 11 is 12.9. The van der Waals surface area contributed by atoms with Crippen LogP contribution in [0.5, 0.6) is 0 Å². The molecule has 40 heavy (non-hydrogen) atoms. The molecule has 0 bridgehead atoms. The van der Waals surface area contributed by atoms with Crippen LogP contribution in [0.3, 0.4) is 0 Å². The summed E-state index contributed by atoms with van der Waals surface area (Å²) < 4.78 is 0. The van der Waals surface area contributed by atoms with Crippen molar-refractivity contribution >= 4 is 28.8 Å². The molecule has 3 atom stereocenters. The fourth-order valence-electron chi connectivity index (χ4n) is 8.51. The predicted octanol–water partition coefficient (Wildman–Crippen LogP) is 11.8. The van der Waals surface area contributed by atoms with E-state index < -0.39 is 0 Å². The molecular weight excluding hydrogens is 527 g/mol.